The van der Waals surface area contributed by atoms with Gasteiger partial charge in [0.05, 0.1) is 12.2 Å². The van der Waals surface area contributed by atoms with Crippen LogP contribution in [0.15, 0.2) is 24.3 Å². The lowest BCUT2D eigenvalue weighted by molar-refractivity contribution is -0.0375. The van der Waals surface area contributed by atoms with E-state index in [4.69, 9.17) is 9.47 Å². The van der Waals surface area contributed by atoms with E-state index in [1.165, 1.54) is 0 Å². The van der Waals surface area contributed by atoms with Gasteiger partial charge < -0.3 is 9.47 Å². The summed E-state index contributed by atoms with van der Waals surface area (Å²) in [6.45, 7) is 10.8. The third kappa shape index (κ3) is 4.67. The average Bonchev–Trinajstić information content (AvgIpc) is 2.18. The van der Waals surface area contributed by atoms with Gasteiger partial charge in [-0.1, -0.05) is 18.2 Å². The van der Waals surface area contributed by atoms with Crippen LogP contribution in [0.4, 0.5) is 0 Å². The van der Waals surface area contributed by atoms with Gasteiger partial charge in [0.2, 0.25) is 0 Å². The number of hydrogen-bond acceptors (Lipinski definition) is 2. The molecule has 0 spiro atoms. The second-order valence-electron chi connectivity index (χ2n) is 5.12. The molecule has 0 heterocycles. The molecule has 0 saturated carbocycles. The Morgan fingerprint density at radius 3 is 2.38 bits per heavy atom. The van der Waals surface area contributed by atoms with Gasteiger partial charge in [-0.05, 0) is 46.2 Å². The molecule has 16 heavy (non-hydrogen) atoms. The van der Waals surface area contributed by atoms with Crippen LogP contribution in [0.5, 0.6) is 5.75 Å². The second-order valence-corrected chi connectivity index (χ2v) is 5.12. The van der Waals surface area contributed by atoms with Gasteiger partial charge in [0, 0.05) is 0 Å². The highest BCUT2D eigenvalue weighted by molar-refractivity contribution is 5.31. The molecule has 1 aromatic rings. The van der Waals surface area contributed by atoms with Crippen LogP contribution in [0.2, 0.25) is 0 Å². The van der Waals surface area contributed by atoms with Crippen molar-refractivity contribution in [3.8, 4) is 5.75 Å². The van der Waals surface area contributed by atoms with Crippen LogP contribution in [0.3, 0.4) is 0 Å². The molecular formula is C14H22O2. The van der Waals surface area contributed by atoms with Gasteiger partial charge >= 0.3 is 0 Å². The van der Waals surface area contributed by atoms with Crippen LogP contribution < -0.4 is 4.74 Å². The van der Waals surface area contributed by atoms with Crippen LogP contribution in [0, 0.1) is 6.92 Å². The standard InChI is InChI=1S/C14H22O2/c1-11-8-6-7-9-13(11)16-12(2)10-15-14(3,4)5/h6-9,12H,10H2,1-5H3. The first-order chi connectivity index (χ1) is 7.38. The second kappa shape index (κ2) is 5.35. The molecule has 0 saturated heterocycles. The zero-order chi connectivity index (χ0) is 12.2. The first kappa shape index (κ1) is 13.0. The predicted octanol–water partition coefficient (Wildman–Crippen LogP) is 3.58. The molecule has 90 valence electrons. The van der Waals surface area contributed by atoms with E-state index in [0.717, 1.165) is 11.3 Å². The minimum Gasteiger partial charge on any atom is -0.488 e. The van der Waals surface area contributed by atoms with E-state index in [2.05, 4.69) is 0 Å². The molecule has 0 aliphatic carbocycles. The van der Waals surface area contributed by atoms with Gasteiger partial charge in [-0.3, -0.25) is 0 Å². The molecule has 1 atom stereocenters. The SMILES string of the molecule is Cc1ccccc1OC(C)COC(C)(C)C. The van der Waals surface area contributed by atoms with E-state index in [-0.39, 0.29) is 11.7 Å². The number of rotatable bonds is 4. The van der Waals surface area contributed by atoms with Crippen molar-refractivity contribution in [3.63, 3.8) is 0 Å². The monoisotopic (exact) mass is 222 g/mol. The summed E-state index contributed by atoms with van der Waals surface area (Å²) >= 11 is 0. The van der Waals surface area contributed by atoms with E-state index >= 15 is 0 Å². The van der Waals surface area contributed by atoms with E-state index in [1.807, 2.05) is 58.9 Å². The lowest BCUT2D eigenvalue weighted by Crippen LogP contribution is -2.27. The maximum Gasteiger partial charge on any atom is 0.122 e. The van der Waals surface area contributed by atoms with Gasteiger partial charge in [-0.25, -0.2) is 0 Å². The highest BCUT2D eigenvalue weighted by Gasteiger charge is 2.13. The molecule has 0 amide bonds. The van der Waals surface area contributed by atoms with Crippen molar-refractivity contribution in [3.05, 3.63) is 29.8 Å². The summed E-state index contributed by atoms with van der Waals surface area (Å²) in [6.07, 6.45) is 0.0697. The average molecular weight is 222 g/mol. The largest absolute Gasteiger partial charge is 0.488 e. The molecule has 1 aromatic carbocycles. The Hall–Kier alpha value is -1.02. The van der Waals surface area contributed by atoms with Crippen molar-refractivity contribution in [1.82, 2.24) is 0 Å². The van der Waals surface area contributed by atoms with Crippen LogP contribution in [0.25, 0.3) is 0 Å². The quantitative estimate of drug-likeness (QED) is 0.775. The highest BCUT2D eigenvalue weighted by atomic mass is 16.5. The first-order valence-electron chi connectivity index (χ1n) is 5.75. The summed E-state index contributed by atoms with van der Waals surface area (Å²) < 4.78 is 11.5. The van der Waals surface area contributed by atoms with Crippen molar-refractivity contribution in [2.45, 2.75) is 46.3 Å². The van der Waals surface area contributed by atoms with Gasteiger partial charge in [0.1, 0.15) is 11.9 Å². The Balaban J connectivity index is 2.46. The minimum absolute atomic E-state index is 0.0697. The summed E-state index contributed by atoms with van der Waals surface area (Å²) in [5, 5.41) is 0. The van der Waals surface area contributed by atoms with Gasteiger partial charge in [-0.2, -0.15) is 0 Å². The van der Waals surface area contributed by atoms with Crippen molar-refractivity contribution in [1.29, 1.82) is 0 Å². The molecule has 0 N–H and O–H groups in total. The van der Waals surface area contributed by atoms with Crippen molar-refractivity contribution in [2.24, 2.45) is 0 Å². The van der Waals surface area contributed by atoms with Gasteiger partial charge in [0.25, 0.3) is 0 Å². The molecule has 2 nitrogen and oxygen atoms in total. The zero-order valence-electron chi connectivity index (χ0n) is 10.9. The molecule has 2 heteroatoms. The number of para-hydroxylation sites is 1. The molecule has 0 radical (unpaired) electrons. The van der Waals surface area contributed by atoms with Gasteiger partial charge in [0.15, 0.2) is 0 Å². The fraction of sp³-hybridized carbons (Fsp3) is 0.571. The van der Waals surface area contributed by atoms with E-state index < -0.39 is 0 Å². The van der Waals surface area contributed by atoms with E-state index in [0.29, 0.717) is 6.61 Å². The van der Waals surface area contributed by atoms with E-state index in [1.54, 1.807) is 0 Å². The molecule has 1 rings (SSSR count). The molecule has 0 aliphatic rings. The Bertz CT molecular complexity index is 326. The third-order valence-corrected chi connectivity index (χ3v) is 2.17. The summed E-state index contributed by atoms with van der Waals surface area (Å²) in [6, 6.07) is 8.04. The summed E-state index contributed by atoms with van der Waals surface area (Å²) in [5.74, 6) is 0.938. The lowest BCUT2D eigenvalue weighted by Gasteiger charge is -2.23. The van der Waals surface area contributed by atoms with Crippen molar-refractivity contribution in [2.75, 3.05) is 6.61 Å². The first-order valence-corrected chi connectivity index (χ1v) is 5.75. The van der Waals surface area contributed by atoms with Crippen LogP contribution >= 0.6 is 0 Å². The summed E-state index contributed by atoms with van der Waals surface area (Å²) in [5.41, 5.74) is 1.05. The number of hydrogen-bond donors (Lipinski definition) is 0. The summed E-state index contributed by atoms with van der Waals surface area (Å²) in [7, 11) is 0. The number of ether oxygens (including phenoxy) is 2. The predicted molar refractivity (Wildman–Crippen MR) is 67.0 cm³/mol. The van der Waals surface area contributed by atoms with Crippen LogP contribution in [-0.4, -0.2) is 18.3 Å². The fourth-order valence-corrected chi connectivity index (χ4v) is 1.31. The minimum atomic E-state index is -0.108. The van der Waals surface area contributed by atoms with Crippen LogP contribution in [0.1, 0.15) is 33.3 Å². The maximum absolute atomic E-state index is 5.82. The molecule has 0 fully saturated rings. The van der Waals surface area contributed by atoms with Gasteiger partial charge in [-0.15, -0.1) is 0 Å². The molecule has 1 unspecified atom stereocenters. The topological polar surface area (TPSA) is 18.5 Å². The molecule has 0 aliphatic heterocycles. The Morgan fingerprint density at radius 1 is 1.19 bits per heavy atom. The highest BCUT2D eigenvalue weighted by Crippen LogP contribution is 2.18. The summed E-state index contributed by atoms with van der Waals surface area (Å²) in [4.78, 5) is 0. The Morgan fingerprint density at radius 2 is 1.81 bits per heavy atom. The fourth-order valence-electron chi connectivity index (χ4n) is 1.31. The van der Waals surface area contributed by atoms with Crippen molar-refractivity contribution >= 4 is 0 Å². The number of aryl methyl sites for hydroxylation is 1. The van der Waals surface area contributed by atoms with Crippen LogP contribution in [-0.2, 0) is 4.74 Å². The molecule has 0 bridgehead atoms. The third-order valence-electron chi connectivity index (χ3n) is 2.17. The van der Waals surface area contributed by atoms with E-state index in [9.17, 15) is 0 Å². The van der Waals surface area contributed by atoms with Crippen molar-refractivity contribution < 1.29 is 9.47 Å². The lowest BCUT2D eigenvalue weighted by atomic mass is 10.2. The maximum atomic E-state index is 5.82. The zero-order valence-corrected chi connectivity index (χ0v) is 10.9. The molecular weight excluding hydrogens is 200 g/mol. The molecule has 0 aromatic heterocycles. The Labute approximate surface area is 98.6 Å². The smallest absolute Gasteiger partial charge is 0.122 e. The Kier molecular flexibility index (Phi) is 4.36. The number of benzene rings is 1. The normalized spacial score (nSPS) is 13.6.